The average Bonchev–Trinajstić information content (AvgIpc) is 2.68. The fourth-order valence-corrected chi connectivity index (χ4v) is 6.14. The second-order valence-electron chi connectivity index (χ2n) is 4.07. The summed E-state index contributed by atoms with van der Waals surface area (Å²) in [6.07, 6.45) is 0.448. The van der Waals surface area contributed by atoms with Crippen LogP contribution in [0.3, 0.4) is 0 Å². The van der Waals surface area contributed by atoms with Gasteiger partial charge in [-0.15, -0.1) is 11.3 Å². The van der Waals surface area contributed by atoms with E-state index in [4.69, 9.17) is 5.14 Å². The van der Waals surface area contributed by atoms with Crippen molar-refractivity contribution in [2.75, 3.05) is 12.3 Å². The highest BCUT2D eigenvalue weighted by Gasteiger charge is 2.34. The molecule has 102 valence electrons. The van der Waals surface area contributed by atoms with Crippen molar-refractivity contribution >= 4 is 31.2 Å². The number of hydrogen-bond acceptors (Lipinski definition) is 6. The molecule has 6 nitrogen and oxygen atoms in total. The quantitative estimate of drug-likeness (QED) is 0.831. The zero-order valence-corrected chi connectivity index (χ0v) is 12.2. The second-order valence-corrected chi connectivity index (χ2v) is 9.22. The second kappa shape index (κ2) is 4.57. The van der Waals surface area contributed by atoms with Crippen molar-refractivity contribution in [3.05, 3.63) is 11.6 Å². The van der Waals surface area contributed by atoms with Gasteiger partial charge in [0.2, 0.25) is 10.0 Å². The summed E-state index contributed by atoms with van der Waals surface area (Å²) in [6.45, 7) is 2.60. The summed E-state index contributed by atoms with van der Waals surface area (Å²) in [6, 6.07) is 1.25. The molecule has 0 spiro atoms. The summed E-state index contributed by atoms with van der Waals surface area (Å²) in [7, 11) is -7.23. The van der Waals surface area contributed by atoms with Gasteiger partial charge in [-0.05, 0) is 19.0 Å². The van der Waals surface area contributed by atoms with Gasteiger partial charge in [0.25, 0.3) is 0 Å². The molecule has 0 bridgehead atoms. The van der Waals surface area contributed by atoms with Crippen LogP contribution in [0.25, 0.3) is 0 Å². The molecule has 1 atom stereocenters. The Hall–Kier alpha value is -0.480. The van der Waals surface area contributed by atoms with Gasteiger partial charge in [0.1, 0.15) is 8.42 Å². The topological polar surface area (TPSA) is 106 Å². The number of fused-ring (bicyclic) bond motifs is 1. The lowest BCUT2D eigenvalue weighted by Gasteiger charge is -2.22. The molecule has 9 heteroatoms. The van der Waals surface area contributed by atoms with E-state index in [0.717, 1.165) is 11.3 Å². The molecule has 3 N–H and O–H groups in total. The van der Waals surface area contributed by atoms with Gasteiger partial charge in [0, 0.05) is 11.6 Å². The molecule has 2 heterocycles. The molecule has 0 radical (unpaired) electrons. The highest BCUT2D eigenvalue weighted by atomic mass is 32.3. The molecular formula is C9H14N2O4S3. The molecule has 0 saturated heterocycles. The molecule has 0 aromatic carbocycles. The minimum absolute atomic E-state index is 0.0300. The molecular weight excluding hydrogens is 296 g/mol. The zero-order chi connectivity index (χ0) is 13.6. The first-order chi connectivity index (χ1) is 8.25. The van der Waals surface area contributed by atoms with E-state index >= 15 is 0 Å². The first-order valence-corrected chi connectivity index (χ1v) is 9.40. The van der Waals surface area contributed by atoms with Crippen LogP contribution in [0, 0.1) is 0 Å². The number of rotatable bonds is 3. The van der Waals surface area contributed by atoms with Gasteiger partial charge >= 0.3 is 0 Å². The summed E-state index contributed by atoms with van der Waals surface area (Å²) < 4.78 is 46.5. The van der Waals surface area contributed by atoms with Crippen molar-refractivity contribution in [3.8, 4) is 0 Å². The van der Waals surface area contributed by atoms with Crippen LogP contribution >= 0.6 is 11.3 Å². The predicted molar refractivity (Wildman–Crippen MR) is 68.8 cm³/mol. The van der Waals surface area contributed by atoms with Crippen molar-refractivity contribution in [2.45, 2.75) is 27.8 Å². The third kappa shape index (κ3) is 2.45. The van der Waals surface area contributed by atoms with Crippen molar-refractivity contribution in [1.82, 2.24) is 5.32 Å². The van der Waals surface area contributed by atoms with Gasteiger partial charge in [-0.3, -0.25) is 0 Å². The molecule has 0 amide bonds. The number of sulfone groups is 1. The Labute approximate surface area is 110 Å². The standard InChI is InChI=1S/C9H14N2O4S3/c1-2-11-7-3-4-17(12,13)9-6(7)5-8(16-9)18(10,14)15/h5,7,11H,2-4H2,1H3,(H2,10,14,15)/t7-/m0/s1. The fourth-order valence-electron chi connectivity index (χ4n) is 1.97. The molecule has 0 unspecified atom stereocenters. The lowest BCUT2D eigenvalue weighted by Crippen LogP contribution is -2.28. The summed E-state index contributed by atoms with van der Waals surface area (Å²) in [5, 5.41) is 8.19. The lowest BCUT2D eigenvalue weighted by molar-refractivity contribution is 0.509. The van der Waals surface area contributed by atoms with Crippen LogP contribution in [-0.2, 0) is 19.9 Å². The first-order valence-electron chi connectivity index (χ1n) is 5.38. The van der Waals surface area contributed by atoms with E-state index in [-0.39, 0.29) is 20.2 Å². The highest BCUT2D eigenvalue weighted by molar-refractivity contribution is 7.95. The van der Waals surface area contributed by atoms with Crippen LogP contribution in [0.5, 0.6) is 0 Å². The molecule has 18 heavy (non-hydrogen) atoms. The van der Waals surface area contributed by atoms with Gasteiger partial charge in [0.05, 0.1) is 5.75 Å². The van der Waals surface area contributed by atoms with Crippen molar-refractivity contribution in [1.29, 1.82) is 0 Å². The molecule has 2 rings (SSSR count). The Morgan fingerprint density at radius 2 is 2.22 bits per heavy atom. The Morgan fingerprint density at radius 3 is 2.78 bits per heavy atom. The van der Waals surface area contributed by atoms with Gasteiger partial charge in [-0.25, -0.2) is 22.0 Å². The smallest absolute Gasteiger partial charge is 0.247 e. The normalized spacial score (nSPS) is 22.7. The number of thiophene rings is 1. The van der Waals surface area contributed by atoms with Crippen LogP contribution in [0.1, 0.15) is 24.9 Å². The Morgan fingerprint density at radius 1 is 1.56 bits per heavy atom. The number of nitrogens with one attached hydrogen (secondary N) is 1. The van der Waals surface area contributed by atoms with Crippen LogP contribution < -0.4 is 10.5 Å². The highest BCUT2D eigenvalue weighted by Crippen LogP contribution is 2.39. The van der Waals surface area contributed by atoms with E-state index in [0.29, 0.717) is 18.5 Å². The van der Waals surface area contributed by atoms with E-state index in [1.165, 1.54) is 6.07 Å². The maximum atomic E-state index is 11.9. The van der Waals surface area contributed by atoms with Crippen LogP contribution in [0.15, 0.2) is 14.5 Å². The number of hydrogen-bond donors (Lipinski definition) is 2. The third-order valence-corrected chi connectivity index (χ3v) is 7.72. The van der Waals surface area contributed by atoms with Gasteiger partial charge < -0.3 is 5.32 Å². The van der Waals surface area contributed by atoms with Crippen molar-refractivity contribution in [2.24, 2.45) is 5.14 Å². The molecule has 1 aliphatic heterocycles. The summed E-state index contributed by atoms with van der Waals surface area (Å²) in [5.41, 5.74) is 0.525. The predicted octanol–water partition coefficient (Wildman–Crippen LogP) is 0.224. The monoisotopic (exact) mass is 310 g/mol. The lowest BCUT2D eigenvalue weighted by atomic mass is 10.1. The minimum Gasteiger partial charge on any atom is -0.310 e. The van der Waals surface area contributed by atoms with Crippen molar-refractivity contribution < 1.29 is 16.8 Å². The molecule has 0 saturated carbocycles. The molecule has 1 aromatic rings. The fraction of sp³-hybridized carbons (Fsp3) is 0.556. The molecule has 1 aromatic heterocycles. The molecule has 0 fully saturated rings. The maximum absolute atomic E-state index is 11.9. The minimum atomic E-state index is -3.86. The Balaban J connectivity index is 2.60. The van der Waals surface area contributed by atoms with Gasteiger partial charge in [-0.1, -0.05) is 6.92 Å². The number of primary sulfonamides is 1. The van der Waals surface area contributed by atoms with E-state index in [9.17, 15) is 16.8 Å². The van der Waals surface area contributed by atoms with Crippen LogP contribution in [-0.4, -0.2) is 29.1 Å². The molecule has 0 aliphatic carbocycles. The van der Waals surface area contributed by atoms with E-state index in [2.05, 4.69) is 5.32 Å². The Bertz CT molecular complexity index is 660. The van der Waals surface area contributed by atoms with E-state index < -0.39 is 19.9 Å². The van der Waals surface area contributed by atoms with E-state index in [1.807, 2.05) is 6.92 Å². The maximum Gasteiger partial charge on any atom is 0.247 e. The van der Waals surface area contributed by atoms with Crippen LogP contribution in [0.4, 0.5) is 0 Å². The van der Waals surface area contributed by atoms with Gasteiger partial charge in [0.15, 0.2) is 9.84 Å². The summed E-state index contributed by atoms with van der Waals surface area (Å²) in [4.78, 5) is 0. The Kier molecular flexibility index (Phi) is 3.54. The zero-order valence-electron chi connectivity index (χ0n) is 9.71. The summed E-state index contributed by atoms with van der Waals surface area (Å²) in [5.74, 6) is 0.0300. The SMILES string of the molecule is CCN[C@H]1CCS(=O)(=O)c2sc(S(N)(=O)=O)cc21. The number of sulfonamides is 1. The van der Waals surface area contributed by atoms with Crippen molar-refractivity contribution in [3.63, 3.8) is 0 Å². The first kappa shape index (κ1) is 13.9. The van der Waals surface area contributed by atoms with Gasteiger partial charge in [-0.2, -0.15) is 0 Å². The van der Waals surface area contributed by atoms with Crippen LogP contribution in [0.2, 0.25) is 0 Å². The molecule has 1 aliphatic rings. The average molecular weight is 310 g/mol. The van der Waals surface area contributed by atoms with E-state index in [1.54, 1.807) is 0 Å². The third-order valence-electron chi connectivity index (χ3n) is 2.77. The summed E-state index contributed by atoms with van der Waals surface area (Å²) >= 11 is 0.738. The number of nitrogens with two attached hydrogens (primary N) is 1. The largest absolute Gasteiger partial charge is 0.310 e.